The van der Waals surface area contributed by atoms with Gasteiger partial charge in [-0.25, -0.2) is 0 Å². The van der Waals surface area contributed by atoms with Gasteiger partial charge < -0.3 is 19.3 Å². The van der Waals surface area contributed by atoms with Crippen molar-refractivity contribution in [3.8, 4) is 0 Å². The number of hydrogen-bond donors (Lipinski definition) is 1. The molecule has 0 aliphatic carbocycles. The number of carbonyl (C=O) groups is 2. The summed E-state index contributed by atoms with van der Waals surface area (Å²) in [7, 11) is 0. The average Bonchev–Trinajstić information content (AvgIpc) is 3.42. The van der Waals surface area contributed by atoms with Crippen LogP contribution >= 0.6 is 0 Å². The highest BCUT2D eigenvalue weighted by Crippen LogP contribution is 2.30. The maximum atomic E-state index is 12.8. The van der Waals surface area contributed by atoms with E-state index in [-0.39, 0.29) is 18.4 Å². The lowest BCUT2D eigenvalue weighted by atomic mass is 10.1. The summed E-state index contributed by atoms with van der Waals surface area (Å²) >= 11 is 0. The van der Waals surface area contributed by atoms with Gasteiger partial charge in [0.05, 0.1) is 6.54 Å². The molecule has 8 nitrogen and oxygen atoms in total. The molecule has 5 rings (SSSR count). The molecule has 1 aliphatic rings. The SMILES string of the molecule is CCn1c2ccccc2c2cc(/C=C/C(=O)N3CCN(CC(=O)Nc4cc(C)on4)CC3)ccc21. The van der Waals surface area contributed by atoms with Gasteiger partial charge in [-0.05, 0) is 43.7 Å². The second-order valence-corrected chi connectivity index (χ2v) is 8.84. The lowest BCUT2D eigenvalue weighted by Gasteiger charge is -2.33. The second kappa shape index (κ2) is 9.76. The number of hydrogen-bond acceptors (Lipinski definition) is 5. The number of nitrogens with one attached hydrogen (secondary N) is 1. The van der Waals surface area contributed by atoms with Gasteiger partial charge in [-0.15, -0.1) is 0 Å². The highest BCUT2D eigenvalue weighted by molar-refractivity contribution is 6.08. The monoisotopic (exact) mass is 471 g/mol. The molecular formula is C27H29N5O3. The Bertz CT molecular complexity index is 1410. The Morgan fingerprint density at radius 2 is 1.80 bits per heavy atom. The molecule has 0 saturated carbocycles. The number of aryl methyl sites for hydroxylation is 2. The van der Waals surface area contributed by atoms with E-state index >= 15 is 0 Å². The lowest BCUT2D eigenvalue weighted by Crippen LogP contribution is -2.50. The van der Waals surface area contributed by atoms with Gasteiger partial charge in [-0.2, -0.15) is 0 Å². The molecule has 1 saturated heterocycles. The molecule has 180 valence electrons. The van der Waals surface area contributed by atoms with Gasteiger partial charge in [-0.1, -0.05) is 29.4 Å². The molecule has 2 aromatic carbocycles. The summed E-state index contributed by atoms with van der Waals surface area (Å²) < 4.78 is 7.28. The van der Waals surface area contributed by atoms with E-state index < -0.39 is 0 Å². The second-order valence-electron chi connectivity index (χ2n) is 8.84. The number of carbonyl (C=O) groups excluding carboxylic acids is 2. The maximum Gasteiger partial charge on any atom is 0.246 e. The Hall–Kier alpha value is -3.91. The van der Waals surface area contributed by atoms with Crippen LogP contribution in [0.25, 0.3) is 27.9 Å². The molecule has 3 heterocycles. The summed E-state index contributed by atoms with van der Waals surface area (Å²) in [6.45, 7) is 7.56. The van der Waals surface area contributed by atoms with Crippen molar-refractivity contribution in [3.63, 3.8) is 0 Å². The molecule has 2 aromatic heterocycles. The van der Waals surface area contributed by atoms with E-state index in [0.29, 0.717) is 37.8 Å². The predicted molar refractivity (Wildman–Crippen MR) is 137 cm³/mol. The summed E-state index contributed by atoms with van der Waals surface area (Å²) in [5.74, 6) is 0.915. The van der Waals surface area contributed by atoms with Crippen molar-refractivity contribution in [2.45, 2.75) is 20.4 Å². The molecule has 8 heteroatoms. The molecule has 1 fully saturated rings. The van der Waals surface area contributed by atoms with Gasteiger partial charge in [-0.3, -0.25) is 14.5 Å². The molecule has 2 amide bonds. The van der Waals surface area contributed by atoms with Crippen LogP contribution in [0.15, 0.2) is 59.1 Å². The highest BCUT2D eigenvalue weighted by atomic mass is 16.5. The van der Waals surface area contributed by atoms with Crippen molar-refractivity contribution in [2.75, 3.05) is 38.0 Å². The van der Waals surface area contributed by atoms with Crippen LogP contribution in [0.4, 0.5) is 5.82 Å². The summed E-state index contributed by atoms with van der Waals surface area (Å²) in [6.07, 6.45) is 3.54. The summed E-state index contributed by atoms with van der Waals surface area (Å²) in [5.41, 5.74) is 3.43. The Balaban J connectivity index is 1.19. The van der Waals surface area contributed by atoms with Gasteiger partial charge in [0, 0.05) is 66.7 Å². The minimum atomic E-state index is -0.141. The summed E-state index contributed by atoms with van der Waals surface area (Å²) in [5, 5.41) is 8.94. The Morgan fingerprint density at radius 3 is 2.54 bits per heavy atom. The fourth-order valence-electron chi connectivity index (χ4n) is 4.73. The van der Waals surface area contributed by atoms with Gasteiger partial charge in [0.1, 0.15) is 5.76 Å². The highest BCUT2D eigenvalue weighted by Gasteiger charge is 2.21. The number of aromatic nitrogens is 2. The molecular weight excluding hydrogens is 442 g/mol. The van der Waals surface area contributed by atoms with E-state index in [9.17, 15) is 9.59 Å². The third-order valence-electron chi connectivity index (χ3n) is 6.48. The number of amides is 2. The molecule has 1 N–H and O–H groups in total. The molecule has 0 bridgehead atoms. The topological polar surface area (TPSA) is 83.6 Å². The van der Waals surface area contributed by atoms with Crippen LogP contribution in [-0.2, 0) is 16.1 Å². The van der Waals surface area contributed by atoms with Crippen LogP contribution in [0.1, 0.15) is 18.2 Å². The standard InChI is InChI=1S/C27H29N5O3/c1-3-32-23-7-5-4-6-21(23)22-17-20(8-10-24(22)32)9-11-27(34)31-14-12-30(13-15-31)18-26(33)28-25-16-19(2)35-29-25/h4-11,16-17H,3,12-15,18H2,1-2H3,(H,28,29,33)/b11-9+. The van der Waals surface area contributed by atoms with Gasteiger partial charge in [0.25, 0.3) is 0 Å². The third kappa shape index (κ3) is 4.83. The van der Waals surface area contributed by atoms with E-state index in [4.69, 9.17) is 4.52 Å². The number of para-hydroxylation sites is 1. The van der Waals surface area contributed by atoms with E-state index in [2.05, 4.69) is 64.4 Å². The number of piperazine rings is 1. The van der Waals surface area contributed by atoms with Crippen LogP contribution in [0.3, 0.4) is 0 Å². The van der Waals surface area contributed by atoms with Crippen molar-refractivity contribution >= 4 is 45.5 Å². The van der Waals surface area contributed by atoms with Gasteiger partial charge in [0.15, 0.2) is 5.82 Å². The van der Waals surface area contributed by atoms with Crippen molar-refractivity contribution in [2.24, 2.45) is 0 Å². The zero-order chi connectivity index (χ0) is 24.4. The Morgan fingerprint density at radius 1 is 1.03 bits per heavy atom. The predicted octanol–water partition coefficient (Wildman–Crippen LogP) is 3.91. The average molecular weight is 472 g/mol. The molecule has 0 atom stereocenters. The first-order valence-electron chi connectivity index (χ1n) is 12.0. The fourth-order valence-corrected chi connectivity index (χ4v) is 4.73. The quantitative estimate of drug-likeness (QED) is 0.431. The molecule has 1 aliphatic heterocycles. The zero-order valence-electron chi connectivity index (χ0n) is 20.0. The summed E-state index contributed by atoms with van der Waals surface area (Å²) in [6, 6.07) is 16.5. The molecule has 35 heavy (non-hydrogen) atoms. The van der Waals surface area contributed by atoms with E-state index in [0.717, 1.165) is 12.1 Å². The van der Waals surface area contributed by atoms with Crippen LogP contribution in [0.2, 0.25) is 0 Å². The van der Waals surface area contributed by atoms with Crippen LogP contribution in [0, 0.1) is 6.92 Å². The Labute approximate surface area is 203 Å². The number of rotatable bonds is 6. The Kier molecular flexibility index (Phi) is 6.37. The maximum absolute atomic E-state index is 12.8. The molecule has 4 aromatic rings. The largest absolute Gasteiger partial charge is 0.360 e. The zero-order valence-corrected chi connectivity index (χ0v) is 20.0. The van der Waals surface area contributed by atoms with Crippen molar-refractivity contribution in [1.29, 1.82) is 0 Å². The number of benzene rings is 2. The summed E-state index contributed by atoms with van der Waals surface area (Å²) in [4.78, 5) is 28.9. The number of anilines is 1. The first kappa shape index (κ1) is 22.9. The molecule has 0 radical (unpaired) electrons. The fraction of sp³-hybridized carbons (Fsp3) is 0.296. The van der Waals surface area contributed by atoms with Gasteiger partial charge >= 0.3 is 0 Å². The van der Waals surface area contributed by atoms with E-state index in [1.807, 2.05) is 15.9 Å². The smallest absolute Gasteiger partial charge is 0.246 e. The molecule has 0 spiro atoms. The lowest BCUT2D eigenvalue weighted by molar-refractivity contribution is -0.127. The van der Waals surface area contributed by atoms with Crippen LogP contribution < -0.4 is 5.32 Å². The van der Waals surface area contributed by atoms with Gasteiger partial charge in [0.2, 0.25) is 11.8 Å². The van der Waals surface area contributed by atoms with Crippen LogP contribution in [-0.4, -0.2) is 64.1 Å². The number of fused-ring (bicyclic) bond motifs is 3. The van der Waals surface area contributed by atoms with Crippen molar-refractivity contribution in [1.82, 2.24) is 19.5 Å². The van der Waals surface area contributed by atoms with Crippen molar-refractivity contribution in [3.05, 3.63) is 65.9 Å². The van der Waals surface area contributed by atoms with Crippen molar-refractivity contribution < 1.29 is 14.1 Å². The minimum Gasteiger partial charge on any atom is -0.360 e. The number of nitrogens with zero attached hydrogens (tertiary/aromatic N) is 4. The normalized spacial score (nSPS) is 14.9. The third-order valence-corrected chi connectivity index (χ3v) is 6.48. The first-order chi connectivity index (χ1) is 17.0. The van der Waals surface area contributed by atoms with E-state index in [1.165, 1.54) is 21.8 Å². The van der Waals surface area contributed by atoms with E-state index in [1.54, 1.807) is 19.1 Å². The first-order valence-corrected chi connectivity index (χ1v) is 12.0. The van der Waals surface area contributed by atoms with Crippen LogP contribution in [0.5, 0.6) is 0 Å². The minimum absolute atomic E-state index is 0.0109. The molecule has 0 unspecified atom stereocenters.